The van der Waals surface area contributed by atoms with Crippen LogP contribution in [0.25, 0.3) is 11.3 Å². The minimum atomic E-state index is 0.525. The summed E-state index contributed by atoms with van der Waals surface area (Å²) in [5, 5.41) is 4.80. The van der Waals surface area contributed by atoms with Gasteiger partial charge in [-0.2, -0.15) is 5.10 Å². The number of nitrogens with zero attached hydrogens (tertiary/aromatic N) is 2. The van der Waals surface area contributed by atoms with Crippen LogP contribution in [0.15, 0.2) is 30.3 Å². The van der Waals surface area contributed by atoms with Gasteiger partial charge in [-0.05, 0) is 17.7 Å². The summed E-state index contributed by atoms with van der Waals surface area (Å²) >= 11 is 5.80. The Balaban J connectivity index is 2.49. The Bertz CT molecular complexity index is 445. The van der Waals surface area contributed by atoms with Gasteiger partial charge in [-0.15, -0.1) is 0 Å². The highest BCUT2D eigenvalue weighted by molar-refractivity contribution is 6.30. The average Bonchev–Trinajstić information content (AvgIpc) is 2.47. The highest BCUT2D eigenvalue weighted by atomic mass is 35.5. The van der Waals surface area contributed by atoms with E-state index in [0.29, 0.717) is 5.82 Å². The quantitative estimate of drug-likeness (QED) is 0.780. The standard InChI is InChI=1S/C10H10ClN3/c1-14-9(6-10(12)13-14)7-2-4-8(11)5-3-7/h2-6H,1H3,(H2,12,13). The molecule has 0 radical (unpaired) electrons. The number of aryl methyl sites for hydroxylation is 1. The number of benzene rings is 1. The summed E-state index contributed by atoms with van der Waals surface area (Å²) in [4.78, 5) is 0. The molecule has 0 atom stereocenters. The molecule has 1 aromatic carbocycles. The molecule has 72 valence electrons. The third kappa shape index (κ3) is 1.59. The first-order chi connectivity index (χ1) is 6.66. The fourth-order valence-corrected chi connectivity index (χ4v) is 1.51. The van der Waals surface area contributed by atoms with Crippen molar-refractivity contribution < 1.29 is 0 Å². The molecule has 0 spiro atoms. The largest absolute Gasteiger partial charge is 0.382 e. The van der Waals surface area contributed by atoms with Crippen LogP contribution in [0.1, 0.15) is 0 Å². The van der Waals surface area contributed by atoms with Crippen LogP contribution in [0.2, 0.25) is 5.02 Å². The lowest BCUT2D eigenvalue weighted by Gasteiger charge is -2.00. The number of hydrogen-bond acceptors (Lipinski definition) is 2. The van der Waals surface area contributed by atoms with Crippen LogP contribution in [0.5, 0.6) is 0 Å². The fourth-order valence-electron chi connectivity index (χ4n) is 1.38. The zero-order chi connectivity index (χ0) is 10.1. The lowest BCUT2D eigenvalue weighted by atomic mass is 10.1. The summed E-state index contributed by atoms with van der Waals surface area (Å²) in [6.07, 6.45) is 0. The van der Waals surface area contributed by atoms with Gasteiger partial charge in [-0.25, -0.2) is 0 Å². The lowest BCUT2D eigenvalue weighted by Crippen LogP contribution is -1.94. The molecule has 0 aliphatic heterocycles. The molecule has 0 amide bonds. The van der Waals surface area contributed by atoms with E-state index in [2.05, 4.69) is 5.10 Å². The van der Waals surface area contributed by atoms with Crippen molar-refractivity contribution in [3.63, 3.8) is 0 Å². The van der Waals surface area contributed by atoms with Crippen molar-refractivity contribution in [2.45, 2.75) is 0 Å². The molecule has 1 aromatic heterocycles. The number of nitrogens with two attached hydrogens (primary N) is 1. The Morgan fingerprint density at radius 1 is 1.29 bits per heavy atom. The minimum absolute atomic E-state index is 0.525. The number of nitrogen functional groups attached to an aromatic ring is 1. The maximum absolute atomic E-state index is 5.80. The third-order valence-corrected chi connectivity index (χ3v) is 2.29. The normalized spacial score (nSPS) is 10.4. The van der Waals surface area contributed by atoms with E-state index in [1.165, 1.54) is 0 Å². The monoisotopic (exact) mass is 207 g/mol. The summed E-state index contributed by atoms with van der Waals surface area (Å²) < 4.78 is 1.75. The van der Waals surface area contributed by atoms with E-state index < -0.39 is 0 Å². The van der Waals surface area contributed by atoms with Gasteiger partial charge < -0.3 is 5.73 Å². The second kappa shape index (κ2) is 3.35. The van der Waals surface area contributed by atoms with Crippen LogP contribution >= 0.6 is 11.6 Å². The number of hydrogen-bond donors (Lipinski definition) is 1. The van der Waals surface area contributed by atoms with Crippen LogP contribution in [-0.2, 0) is 7.05 Å². The highest BCUT2D eigenvalue weighted by Gasteiger charge is 2.04. The maximum atomic E-state index is 5.80. The van der Waals surface area contributed by atoms with Crippen LogP contribution in [-0.4, -0.2) is 9.78 Å². The second-order valence-electron chi connectivity index (χ2n) is 3.08. The molecule has 1 heterocycles. The predicted molar refractivity (Wildman–Crippen MR) is 58.1 cm³/mol. The fraction of sp³-hybridized carbons (Fsp3) is 0.100. The Kier molecular flexibility index (Phi) is 2.17. The van der Waals surface area contributed by atoms with Crippen molar-refractivity contribution in [3.8, 4) is 11.3 Å². The van der Waals surface area contributed by atoms with Gasteiger partial charge in [0.15, 0.2) is 0 Å². The zero-order valence-corrected chi connectivity index (χ0v) is 8.49. The molecule has 0 aliphatic carbocycles. The first-order valence-electron chi connectivity index (χ1n) is 4.22. The second-order valence-corrected chi connectivity index (χ2v) is 3.52. The molecule has 0 aliphatic rings. The lowest BCUT2D eigenvalue weighted by molar-refractivity contribution is 0.780. The zero-order valence-electron chi connectivity index (χ0n) is 7.74. The molecule has 2 aromatic rings. The van der Waals surface area contributed by atoms with Crippen LogP contribution in [0, 0.1) is 0 Å². The molecule has 0 bridgehead atoms. The highest BCUT2D eigenvalue weighted by Crippen LogP contribution is 2.22. The molecule has 0 fully saturated rings. The minimum Gasteiger partial charge on any atom is -0.382 e. The summed E-state index contributed by atoms with van der Waals surface area (Å²) in [5.41, 5.74) is 7.63. The molecule has 0 saturated heterocycles. The Morgan fingerprint density at radius 2 is 1.93 bits per heavy atom. The van der Waals surface area contributed by atoms with E-state index in [1.807, 2.05) is 37.4 Å². The average molecular weight is 208 g/mol. The topological polar surface area (TPSA) is 43.8 Å². The molecule has 2 rings (SSSR count). The number of anilines is 1. The molecule has 0 unspecified atom stereocenters. The number of halogens is 1. The van der Waals surface area contributed by atoms with Crippen LogP contribution in [0.4, 0.5) is 5.82 Å². The predicted octanol–water partition coefficient (Wildman–Crippen LogP) is 2.32. The van der Waals surface area contributed by atoms with Crippen molar-refractivity contribution in [2.24, 2.45) is 7.05 Å². The van der Waals surface area contributed by atoms with E-state index in [-0.39, 0.29) is 0 Å². The first-order valence-corrected chi connectivity index (χ1v) is 4.60. The number of rotatable bonds is 1. The van der Waals surface area contributed by atoms with E-state index in [4.69, 9.17) is 17.3 Å². The summed E-state index contributed by atoms with van der Waals surface area (Å²) in [6, 6.07) is 9.42. The van der Waals surface area contributed by atoms with Crippen molar-refractivity contribution in [2.75, 3.05) is 5.73 Å². The van der Waals surface area contributed by atoms with Crippen molar-refractivity contribution in [3.05, 3.63) is 35.4 Å². The van der Waals surface area contributed by atoms with Gasteiger partial charge in [0.1, 0.15) is 5.82 Å². The maximum Gasteiger partial charge on any atom is 0.146 e. The van der Waals surface area contributed by atoms with Gasteiger partial charge in [0.05, 0.1) is 5.69 Å². The molecular weight excluding hydrogens is 198 g/mol. The molecular formula is C10H10ClN3. The van der Waals surface area contributed by atoms with E-state index >= 15 is 0 Å². The molecule has 14 heavy (non-hydrogen) atoms. The summed E-state index contributed by atoms with van der Waals surface area (Å²) in [7, 11) is 1.86. The van der Waals surface area contributed by atoms with Crippen LogP contribution < -0.4 is 5.73 Å². The van der Waals surface area contributed by atoms with Crippen molar-refractivity contribution >= 4 is 17.4 Å². The van der Waals surface area contributed by atoms with Gasteiger partial charge in [0.25, 0.3) is 0 Å². The van der Waals surface area contributed by atoms with E-state index in [1.54, 1.807) is 4.68 Å². The summed E-state index contributed by atoms with van der Waals surface area (Å²) in [5.74, 6) is 0.525. The van der Waals surface area contributed by atoms with Gasteiger partial charge in [-0.3, -0.25) is 4.68 Å². The molecule has 2 N–H and O–H groups in total. The van der Waals surface area contributed by atoms with E-state index in [0.717, 1.165) is 16.3 Å². The van der Waals surface area contributed by atoms with Crippen molar-refractivity contribution in [1.29, 1.82) is 0 Å². The van der Waals surface area contributed by atoms with Gasteiger partial charge in [-0.1, -0.05) is 23.7 Å². The van der Waals surface area contributed by atoms with Crippen LogP contribution in [0.3, 0.4) is 0 Å². The van der Waals surface area contributed by atoms with Gasteiger partial charge >= 0.3 is 0 Å². The smallest absolute Gasteiger partial charge is 0.146 e. The molecule has 3 nitrogen and oxygen atoms in total. The Morgan fingerprint density at radius 3 is 2.43 bits per heavy atom. The Hall–Kier alpha value is -1.48. The van der Waals surface area contributed by atoms with Gasteiger partial charge in [0, 0.05) is 18.1 Å². The van der Waals surface area contributed by atoms with E-state index in [9.17, 15) is 0 Å². The number of aromatic nitrogens is 2. The molecule has 0 saturated carbocycles. The SMILES string of the molecule is Cn1nc(N)cc1-c1ccc(Cl)cc1. The first kappa shape index (κ1) is 9.09. The third-order valence-electron chi connectivity index (χ3n) is 2.04. The molecule has 4 heteroatoms. The summed E-state index contributed by atoms with van der Waals surface area (Å²) in [6.45, 7) is 0. The van der Waals surface area contributed by atoms with Crippen molar-refractivity contribution in [1.82, 2.24) is 9.78 Å². The van der Waals surface area contributed by atoms with Gasteiger partial charge in [0.2, 0.25) is 0 Å². The Labute approximate surface area is 87.1 Å².